The fraction of sp³-hybridized carbons (Fsp3) is 0.545. The number of nitrogens with zero attached hydrogens (tertiary/aromatic N) is 2. The maximum Gasteiger partial charge on any atom is 0.363 e. The molecule has 20 heavy (non-hydrogen) atoms. The Kier molecular flexibility index (Phi) is 4.63. The first kappa shape index (κ1) is 14.8. The van der Waals surface area contributed by atoms with Gasteiger partial charge in [-0.2, -0.15) is 0 Å². The zero-order chi connectivity index (χ0) is 14.6. The Morgan fingerprint density at radius 1 is 1.35 bits per heavy atom. The highest BCUT2D eigenvalue weighted by Gasteiger charge is 2.23. The third-order valence-corrected chi connectivity index (χ3v) is 4.62. The second-order valence-electron chi connectivity index (χ2n) is 4.61. The van der Waals surface area contributed by atoms with Gasteiger partial charge in [0.15, 0.2) is 6.20 Å². The van der Waals surface area contributed by atoms with Crippen molar-refractivity contribution in [3.05, 3.63) is 28.4 Å². The molecule has 0 saturated carbocycles. The minimum atomic E-state index is -3.68. The largest absolute Gasteiger partial charge is 0.363 e. The molecule has 1 aliphatic rings. The summed E-state index contributed by atoms with van der Waals surface area (Å²) in [7, 11) is -3.68. The van der Waals surface area contributed by atoms with Crippen molar-refractivity contribution >= 4 is 15.8 Å². The second-order valence-corrected chi connectivity index (χ2v) is 6.32. The molecule has 1 aliphatic heterocycles. The Bertz CT molecular complexity index is 565. The monoisotopic (exact) mass is 300 g/mol. The van der Waals surface area contributed by atoms with Crippen molar-refractivity contribution in [2.45, 2.75) is 30.2 Å². The lowest BCUT2D eigenvalue weighted by Crippen LogP contribution is -2.35. The molecule has 0 spiro atoms. The van der Waals surface area contributed by atoms with Crippen molar-refractivity contribution in [2.75, 3.05) is 13.1 Å². The number of hydrogen-bond donors (Lipinski definition) is 2. The SMILES string of the molecule is O=[N+]([O-])c1ccc(S(=O)(=O)NC2CCCNCC2)cn1. The van der Waals surface area contributed by atoms with Crippen LogP contribution >= 0.6 is 0 Å². The van der Waals surface area contributed by atoms with Crippen molar-refractivity contribution < 1.29 is 13.3 Å². The molecule has 110 valence electrons. The van der Waals surface area contributed by atoms with Crippen LogP contribution < -0.4 is 10.0 Å². The van der Waals surface area contributed by atoms with Crippen molar-refractivity contribution in [1.82, 2.24) is 15.0 Å². The van der Waals surface area contributed by atoms with Gasteiger partial charge in [0.2, 0.25) is 10.0 Å². The molecule has 8 nitrogen and oxygen atoms in total. The Morgan fingerprint density at radius 2 is 2.15 bits per heavy atom. The molecular weight excluding hydrogens is 284 g/mol. The lowest BCUT2D eigenvalue weighted by atomic mass is 10.1. The van der Waals surface area contributed by atoms with E-state index in [1.807, 2.05) is 0 Å². The van der Waals surface area contributed by atoms with Crippen LogP contribution in [0.25, 0.3) is 0 Å². The van der Waals surface area contributed by atoms with Crippen molar-refractivity contribution in [3.8, 4) is 0 Å². The average Bonchev–Trinajstić information content (AvgIpc) is 2.67. The molecule has 0 aromatic carbocycles. The highest BCUT2D eigenvalue weighted by Crippen LogP contribution is 2.14. The summed E-state index contributed by atoms with van der Waals surface area (Å²) in [5.41, 5.74) is 0. The quantitative estimate of drug-likeness (QED) is 0.615. The number of aromatic nitrogens is 1. The van der Waals surface area contributed by atoms with E-state index in [4.69, 9.17) is 0 Å². The fourth-order valence-corrected chi connectivity index (χ4v) is 3.31. The molecule has 2 rings (SSSR count). The van der Waals surface area contributed by atoms with Crippen LogP contribution in [-0.4, -0.2) is 37.5 Å². The average molecular weight is 300 g/mol. The highest BCUT2D eigenvalue weighted by molar-refractivity contribution is 7.89. The first-order chi connectivity index (χ1) is 9.49. The molecule has 1 unspecified atom stereocenters. The van der Waals surface area contributed by atoms with Gasteiger partial charge in [-0.25, -0.2) is 13.1 Å². The smallest absolute Gasteiger partial charge is 0.358 e. The first-order valence-electron chi connectivity index (χ1n) is 6.32. The Labute approximate surface area is 116 Å². The first-order valence-corrected chi connectivity index (χ1v) is 7.81. The number of pyridine rings is 1. The van der Waals surface area contributed by atoms with Gasteiger partial charge in [-0.05, 0) is 48.3 Å². The van der Waals surface area contributed by atoms with Crippen LogP contribution in [0.2, 0.25) is 0 Å². The normalized spacial score (nSPS) is 20.3. The van der Waals surface area contributed by atoms with Gasteiger partial charge in [-0.15, -0.1) is 0 Å². The molecule has 0 aliphatic carbocycles. The molecule has 0 radical (unpaired) electrons. The third kappa shape index (κ3) is 3.71. The molecule has 1 saturated heterocycles. The van der Waals surface area contributed by atoms with Gasteiger partial charge >= 0.3 is 5.82 Å². The summed E-state index contributed by atoms with van der Waals surface area (Å²) in [6.45, 7) is 1.66. The third-order valence-electron chi connectivity index (χ3n) is 3.12. The molecule has 2 heterocycles. The van der Waals surface area contributed by atoms with Crippen LogP contribution in [0.15, 0.2) is 23.2 Å². The molecule has 2 N–H and O–H groups in total. The van der Waals surface area contributed by atoms with Crippen molar-refractivity contribution in [3.63, 3.8) is 0 Å². The van der Waals surface area contributed by atoms with E-state index in [1.165, 1.54) is 6.07 Å². The van der Waals surface area contributed by atoms with E-state index in [0.717, 1.165) is 44.6 Å². The molecule has 1 fully saturated rings. The molecule has 0 amide bonds. The number of nitro groups is 1. The summed E-state index contributed by atoms with van der Waals surface area (Å²) in [6, 6.07) is 2.16. The molecular formula is C11H16N4O4S. The van der Waals surface area contributed by atoms with E-state index in [1.54, 1.807) is 0 Å². The van der Waals surface area contributed by atoms with E-state index in [9.17, 15) is 18.5 Å². The molecule has 1 atom stereocenters. The van der Waals surface area contributed by atoms with E-state index < -0.39 is 14.9 Å². The molecule has 9 heteroatoms. The maximum absolute atomic E-state index is 12.2. The van der Waals surface area contributed by atoms with Crippen molar-refractivity contribution in [1.29, 1.82) is 0 Å². The summed E-state index contributed by atoms with van der Waals surface area (Å²) in [5, 5.41) is 13.7. The summed E-state index contributed by atoms with van der Waals surface area (Å²) in [5.74, 6) is -0.373. The van der Waals surface area contributed by atoms with Gasteiger partial charge in [-0.1, -0.05) is 0 Å². The number of sulfonamides is 1. The van der Waals surface area contributed by atoms with Gasteiger partial charge in [0, 0.05) is 12.1 Å². The lowest BCUT2D eigenvalue weighted by molar-refractivity contribution is -0.389. The number of rotatable bonds is 4. The van der Waals surface area contributed by atoms with Gasteiger partial charge in [0.05, 0.1) is 0 Å². The van der Waals surface area contributed by atoms with Crippen LogP contribution in [0.3, 0.4) is 0 Å². The molecule has 1 aromatic heterocycles. The Hall–Kier alpha value is -1.58. The number of nitrogens with one attached hydrogen (secondary N) is 2. The lowest BCUT2D eigenvalue weighted by Gasteiger charge is -2.15. The highest BCUT2D eigenvalue weighted by atomic mass is 32.2. The van der Waals surface area contributed by atoms with Gasteiger partial charge in [0.25, 0.3) is 0 Å². The predicted molar refractivity (Wildman–Crippen MR) is 71.7 cm³/mol. The zero-order valence-corrected chi connectivity index (χ0v) is 11.6. The fourth-order valence-electron chi connectivity index (χ4n) is 2.06. The van der Waals surface area contributed by atoms with Gasteiger partial charge in [0.1, 0.15) is 4.90 Å². The van der Waals surface area contributed by atoms with E-state index in [2.05, 4.69) is 15.0 Å². The van der Waals surface area contributed by atoms with E-state index in [-0.39, 0.29) is 16.8 Å². The summed E-state index contributed by atoms with van der Waals surface area (Å²) < 4.78 is 26.9. The van der Waals surface area contributed by atoms with E-state index >= 15 is 0 Å². The van der Waals surface area contributed by atoms with Crippen LogP contribution in [0.1, 0.15) is 19.3 Å². The summed E-state index contributed by atoms with van der Waals surface area (Å²) in [6.07, 6.45) is 3.41. The second kappa shape index (κ2) is 6.25. The zero-order valence-electron chi connectivity index (χ0n) is 10.8. The summed E-state index contributed by atoms with van der Waals surface area (Å²) in [4.78, 5) is 13.3. The Balaban J connectivity index is 2.10. The Morgan fingerprint density at radius 3 is 2.80 bits per heavy atom. The van der Waals surface area contributed by atoms with Crippen LogP contribution in [0.5, 0.6) is 0 Å². The van der Waals surface area contributed by atoms with Crippen LogP contribution in [-0.2, 0) is 10.0 Å². The van der Waals surface area contributed by atoms with Crippen molar-refractivity contribution in [2.24, 2.45) is 0 Å². The van der Waals surface area contributed by atoms with Gasteiger partial charge < -0.3 is 15.4 Å². The van der Waals surface area contributed by atoms with Crippen LogP contribution in [0, 0.1) is 10.1 Å². The number of hydrogen-bond acceptors (Lipinski definition) is 6. The minimum Gasteiger partial charge on any atom is -0.358 e. The standard InChI is InChI=1S/C11H16N4O4S/c16-15(17)11-4-3-10(8-13-11)20(18,19)14-9-2-1-6-12-7-5-9/h3-4,8-9,12,14H,1-2,5-7H2. The molecule has 1 aromatic rings. The maximum atomic E-state index is 12.2. The van der Waals surface area contributed by atoms with Crippen LogP contribution in [0.4, 0.5) is 5.82 Å². The topological polar surface area (TPSA) is 114 Å². The minimum absolute atomic E-state index is 0.0553. The van der Waals surface area contributed by atoms with E-state index in [0.29, 0.717) is 0 Å². The predicted octanol–water partition coefficient (Wildman–Crippen LogP) is 0.410. The molecule has 0 bridgehead atoms. The summed E-state index contributed by atoms with van der Waals surface area (Å²) >= 11 is 0. The van der Waals surface area contributed by atoms with Gasteiger partial charge in [-0.3, -0.25) is 0 Å².